The van der Waals surface area contributed by atoms with E-state index in [0.717, 1.165) is 24.3 Å². The Kier molecular flexibility index (Phi) is 7.61. The molecule has 5 nitrogen and oxygen atoms in total. The van der Waals surface area contributed by atoms with Crippen molar-refractivity contribution in [3.8, 4) is 11.5 Å². The zero-order valence-electron chi connectivity index (χ0n) is 13.1. The van der Waals surface area contributed by atoms with Crippen molar-refractivity contribution >= 4 is 5.91 Å². The van der Waals surface area contributed by atoms with Crippen LogP contribution in [-0.4, -0.2) is 32.2 Å². The molecule has 0 aliphatic carbocycles. The van der Waals surface area contributed by atoms with Crippen LogP contribution < -0.4 is 20.5 Å². The molecule has 0 radical (unpaired) electrons. The number of nitrogens with one attached hydrogen (secondary N) is 1. The Bertz CT molecular complexity index is 420. The molecule has 118 valence electrons. The number of benzene rings is 1. The van der Waals surface area contributed by atoms with Crippen LogP contribution in [0.2, 0.25) is 0 Å². The first-order valence-corrected chi connectivity index (χ1v) is 7.38. The van der Waals surface area contributed by atoms with Gasteiger partial charge in [-0.15, -0.1) is 0 Å². The number of rotatable bonds is 9. The molecule has 0 bridgehead atoms. The second kappa shape index (κ2) is 9.23. The van der Waals surface area contributed by atoms with Gasteiger partial charge in [-0.1, -0.05) is 20.3 Å². The minimum atomic E-state index is -0.433. The van der Waals surface area contributed by atoms with Crippen LogP contribution >= 0.6 is 0 Å². The second-order valence-corrected chi connectivity index (χ2v) is 5.08. The average molecular weight is 294 g/mol. The van der Waals surface area contributed by atoms with Gasteiger partial charge in [-0.25, -0.2) is 0 Å². The van der Waals surface area contributed by atoms with Crippen LogP contribution in [0.1, 0.15) is 26.7 Å². The largest absolute Gasteiger partial charge is 0.497 e. The molecule has 5 heteroatoms. The van der Waals surface area contributed by atoms with Crippen molar-refractivity contribution in [2.45, 2.75) is 32.7 Å². The average Bonchev–Trinajstić information content (AvgIpc) is 2.53. The summed E-state index contributed by atoms with van der Waals surface area (Å²) in [4.78, 5) is 11.8. The number of hydrogen-bond acceptors (Lipinski definition) is 4. The molecule has 3 N–H and O–H groups in total. The van der Waals surface area contributed by atoms with E-state index in [1.807, 2.05) is 38.1 Å². The quantitative estimate of drug-likeness (QED) is 0.683. The topological polar surface area (TPSA) is 73.6 Å². The number of carbonyl (C=O) groups excluding carboxylic acids is 1. The molecule has 0 spiro atoms. The summed E-state index contributed by atoms with van der Waals surface area (Å²) in [6, 6.07) is 6.98. The highest BCUT2D eigenvalue weighted by molar-refractivity contribution is 5.81. The summed E-state index contributed by atoms with van der Waals surface area (Å²) < 4.78 is 10.7. The monoisotopic (exact) mass is 294 g/mol. The molecule has 0 heterocycles. The van der Waals surface area contributed by atoms with Crippen molar-refractivity contribution in [1.29, 1.82) is 0 Å². The van der Waals surface area contributed by atoms with Crippen molar-refractivity contribution in [2.75, 3.05) is 20.3 Å². The van der Waals surface area contributed by atoms with E-state index in [-0.39, 0.29) is 11.8 Å². The summed E-state index contributed by atoms with van der Waals surface area (Å²) in [6.07, 6.45) is 1.64. The van der Waals surface area contributed by atoms with Crippen LogP contribution in [0, 0.1) is 5.92 Å². The Morgan fingerprint density at radius 3 is 2.48 bits per heavy atom. The molecule has 0 aromatic heterocycles. The third-order valence-corrected chi connectivity index (χ3v) is 3.51. The summed E-state index contributed by atoms with van der Waals surface area (Å²) >= 11 is 0. The normalized spacial score (nSPS) is 13.3. The van der Waals surface area contributed by atoms with Gasteiger partial charge in [-0.05, 0) is 36.6 Å². The Morgan fingerprint density at radius 1 is 1.29 bits per heavy atom. The van der Waals surface area contributed by atoms with Gasteiger partial charge in [0.25, 0.3) is 0 Å². The van der Waals surface area contributed by atoms with Crippen LogP contribution in [0.3, 0.4) is 0 Å². The lowest BCUT2D eigenvalue weighted by atomic mass is 9.99. The fourth-order valence-corrected chi connectivity index (χ4v) is 1.78. The van der Waals surface area contributed by atoms with Crippen molar-refractivity contribution in [2.24, 2.45) is 11.7 Å². The van der Waals surface area contributed by atoms with E-state index in [0.29, 0.717) is 13.2 Å². The van der Waals surface area contributed by atoms with Crippen LogP contribution in [0.5, 0.6) is 11.5 Å². The van der Waals surface area contributed by atoms with E-state index in [1.54, 1.807) is 7.11 Å². The van der Waals surface area contributed by atoms with E-state index in [4.69, 9.17) is 15.2 Å². The maximum Gasteiger partial charge on any atom is 0.237 e. The fraction of sp³-hybridized carbons (Fsp3) is 0.562. The first-order valence-electron chi connectivity index (χ1n) is 7.38. The van der Waals surface area contributed by atoms with E-state index in [2.05, 4.69) is 5.32 Å². The first-order chi connectivity index (χ1) is 10.1. The molecule has 2 atom stereocenters. The number of carbonyl (C=O) groups is 1. The molecule has 0 saturated heterocycles. The Labute approximate surface area is 126 Å². The minimum Gasteiger partial charge on any atom is -0.497 e. The highest BCUT2D eigenvalue weighted by Gasteiger charge is 2.18. The lowest BCUT2D eigenvalue weighted by Gasteiger charge is -2.17. The van der Waals surface area contributed by atoms with Gasteiger partial charge in [-0.3, -0.25) is 4.79 Å². The molecule has 1 amide bonds. The maximum absolute atomic E-state index is 11.8. The molecule has 0 saturated carbocycles. The fourth-order valence-electron chi connectivity index (χ4n) is 1.78. The van der Waals surface area contributed by atoms with Gasteiger partial charge in [0.1, 0.15) is 11.5 Å². The molecule has 1 aromatic rings. The Hall–Kier alpha value is -1.75. The first kappa shape index (κ1) is 17.3. The number of methoxy groups -OCH3 is 1. The zero-order valence-corrected chi connectivity index (χ0v) is 13.1. The maximum atomic E-state index is 11.8. The SMILES string of the molecule is CCC(C)C(N)C(=O)NCCCOc1ccc(OC)cc1. The van der Waals surface area contributed by atoms with E-state index < -0.39 is 6.04 Å². The Balaban J connectivity index is 2.17. The molecule has 21 heavy (non-hydrogen) atoms. The van der Waals surface area contributed by atoms with Crippen LogP contribution in [0.15, 0.2) is 24.3 Å². The number of nitrogens with two attached hydrogens (primary N) is 1. The second-order valence-electron chi connectivity index (χ2n) is 5.08. The lowest BCUT2D eigenvalue weighted by molar-refractivity contribution is -0.123. The van der Waals surface area contributed by atoms with Crippen LogP contribution in [0.4, 0.5) is 0 Å². The molecule has 0 aliphatic heterocycles. The van der Waals surface area contributed by atoms with E-state index in [9.17, 15) is 4.79 Å². The summed E-state index contributed by atoms with van der Waals surface area (Å²) in [5.41, 5.74) is 5.85. The van der Waals surface area contributed by atoms with Gasteiger partial charge in [0.2, 0.25) is 5.91 Å². The van der Waals surface area contributed by atoms with Crippen molar-refractivity contribution in [3.05, 3.63) is 24.3 Å². The molecule has 0 aliphatic rings. The number of hydrogen-bond donors (Lipinski definition) is 2. The summed E-state index contributed by atoms with van der Waals surface area (Å²) in [5, 5.41) is 2.84. The molecule has 1 aromatic carbocycles. The van der Waals surface area contributed by atoms with Gasteiger partial charge in [0, 0.05) is 6.54 Å². The van der Waals surface area contributed by atoms with Gasteiger partial charge in [0.05, 0.1) is 19.8 Å². The lowest BCUT2D eigenvalue weighted by Crippen LogP contribution is -2.45. The van der Waals surface area contributed by atoms with Crippen molar-refractivity contribution in [3.63, 3.8) is 0 Å². The highest BCUT2D eigenvalue weighted by atomic mass is 16.5. The van der Waals surface area contributed by atoms with Gasteiger partial charge >= 0.3 is 0 Å². The third kappa shape index (κ3) is 6.04. The van der Waals surface area contributed by atoms with Gasteiger partial charge in [0.15, 0.2) is 0 Å². The highest BCUT2D eigenvalue weighted by Crippen LogP contribution is 2.16. The minimum absolute atomic E-state index is 0.0891. The Morgan fingerprint density at radius 2 is 1.90 bits per heavy atom. The van der Waals surface area contributed by atoms with Gasteiger partial charge < -0.3 is 20.5 Å². The van der Waals surface area contributed by atoms with Crippen LogP contribution in [0.25, 0.3) is 0 Å². The van der Waals surface area contributed by atoms with Crippen molar-refractivity contribution < 1.29 is 14.3 Å². The third-order valence-electron chi connectivity index (χ3n) is 3.51. The predicted molar refractivity (Wildman–Crippen MR) is 83.5 cm³/mol. The van der Waals surface area contributed by atoms with Crippen molar-refractivity contribution in [1.82, 2.24) is 5.32 Å². The predicted octanol–water partition coefficient (Wildman–Crippen LogP) is 1.95. The van der Waals surface area contributed by atoms with Gasteiger partial charge in [-0.2, -0.15) is 0 Å². The molecule has 2 unspecified atom stereocenters. The zero-order chi connectivity index (χ0) is 15.7. The molecular weight excluding hydrogens is 268 g/mol. The molecule has 1 rings (SSSR count). The molecule has 0 fully saturated rings. The number of ether oxygens (including phenoxy) is 2. The van der Waals surface area contributed by atoms with E-state index >= 15 is 0 Å². The van der Waals surface area contributed by atoms with Crippen LogP contribution in [-0.2, 0) is 4.79 Å². The number of amides is 1. The summed E-state index contributed by atoms with van der Waals surface area (Å²) in [7, 11) is 1.63. The standard InChI is InChI=1S/C16H26N2O3/c1-4-12(2)15(17)16(19)18-10-5-11-21-14-8-6-13(20-3)7-9-14/h6-9,12,15H,4-5,10-11,17H2,1-3H3,(H,18,19). The van der Waals surface area contributed by atoms with E-state index in [1.165, 1.54) is 0 Å². The summed E-state index contributed by atoms with van der Waals surface area (Å²) in [5.74, 6) is 1.70. The summed E-state index contributed by atoms with van der Waals surface area (Å²) in [6.45, 7) is 5.13. The molecular formula is C16H26N2O3. The smallest absolute Gasteiger partial charge is 0.237 e.